The average molecular weight is 847 g/mol. The molecule has 0 bridgehead atoms. The summed E-state index contributed by atoms with van der Waals surface area (Å²) >= 11 is 0. The molecule has 61 heavy (non-hydrogen) atoms. The largest absolute Gasteiger partial charge is 0.332 e. The summed E-state index contributed by atoms with van der Waals surface area (Å²) in [4.78, 5) is 4.40. The van der Waals surface area contributed by atoms with Crippen molar-refractivity contribution in [3.05, 3.63) is 42.5 Å². The minimum absolute atomic E-state index is 0.204. The molecule has 0 radical (unpaired) electrons. The molecule has 0 spiro atoms. The molecule has 1 aromatic carbocycles. The molecule has 0 saturated heterocycles. The first kappa shape index (κ1) is 54.8. The van der Waals surface area contributed by atoms with Crippen molar-refractivity contribution < 1.29 is 0 Å². The number of rotatable bonds is 36. The number of hydrazone groups is 1. The Morgan fingerprint density at radius 1 is 0.639 bits per heavy atom. The van der Waals surface area contributed by atoms with E-state index in [-0.39, 0.29) is 17.1 Å². The van der Waals surface area contributed by atoms with E-state index in [4.69, 9.17) is 5.10 Å². The first-order valence-corrected chi connectivity index (χ1v) is 26.3. The highest BCUT2D eigenvalue weighted by Crippen LogP contribution is 2.48. The van der Waals surface area contributed by atoms with Gasteiger partial charge in [-0.2, -0.15) is 0 Å². The summed E-state index contributed by atoms with van der Waals surface area (Å²) in [6, 6.07) is 10.2. The lowest BCUT2D eigenvalue weighted by Crippen LogP contribution is -2.46. The van der Waals surface area contributed by atoms with Crippen LogP contribution in [0.2, 0.25) is 0 Å². The number of anilines is 1. The molecule has 6 heteroatoms. The lowest BCUT2D eigenvalue weighted by Gasteiger charge is -2.44. The van der Waals surface area contributed by atoms with Crippen LogP contribution in [0.1, 0.15) is 235 Å². The number of benzene rings is 1. The zero-order valence-electron chi connectivity index (χ0n) is 41.7. The number of para-hydroxylation sites is 1. The van der Waals surface area contributed by atoms with E-state index < -0.39 is 0 Å². The van der Waals surface area contributed by atoms with Gasteiger partial charge in [-0.05, 0) is 115 Å². The summed E-state index contributed by atoms with van der Waals surface area (Å²) < 4.78 is 0. The molecular weight excluding hydrogens is 745 g/mol. The molecule has 6 nitrogen and oxygen atoms in total. The predicted molar refractivity (Wildman–Crippen MR) is 273 cm³/mol. The van der Waals surface area contributed by atoms with Crippen molar-refractivity contribution in [3.63, 3.8) is 0 Å². The molecule has 352 valence electrons. The van der Waals surface area contributed by atoms with Gasteiger partial charge in [0.25, 0.3) is 0 Å². The fourth-order valence-electron chi connectivity index (χ4n) is 10.2. The van der Waals surface area contributed by atoms with E-state index >= 15 is 0 Å². The molecule has 1 saturated carbocycles. The van der Waals surface area contributed by atoms with Gasteiger partial charge in [-0.3, -0.25) is 4.99 Å². The first-order valence-electron chi connectivity index (χ1n) is 26.3. The second kappa shape index (κ2) is 34.1. The number of nitrogens with one attached hydrogen (secondary N) is 4. The number of nitrogens with zero attached hydrogens (tertiary/aromatic N) is 2. The van der Waals surface area contributed by atoms with Gasteiger partial charge in [0.1, 0.15) is 6.17 Å². The molecule has 1 aliphatic carbocycles. The van der Waals surface area contributed by atoms with Gasteiger partial charge in [0.2, 0.25) is 5.96 Å². The number of unbranched alkanes of at least 4 members (excludes halogenated alkanes) is 18. The predicted octanol–water partition coefficient (Wildman–Crippen LogP) is 16.0. The Bertz CT molecular complexity index is 1230. The molecule has 5 atom stereocenters. The fraction of sp³-hybridized carbons (Fsp3) is 0.818. The Hall–Kier alpha value is -2.34. The van der Waals surface area contributed by atoms with E-state index in [1.165, 1.54) is 180 Å². The molecular formula is C55H102N6. The average Bonchev–Trinajstić information content (AvgIpc) is 3.23. The second-order valence-corrected chi connectivity index (χ2v) is 20.7. The monoisotopic (exact) mass is 847 g/mol. The summed E-state index contributed by atoms with van der Waals surface area (Å²) in [6.45, 7) is 23.8. The molecule has 0 aromatic heterocycles. The third-order valence-electron chi connectivity index (χ3n) is 13.7. The van der Waals surface area contributed by atoms with Crippen molar-refractivity contribution in [1.29, 1.82) is 0 Å². The van der Waals surface area contributed by atoms with E-state index in [0.717, 1.165) is 42.3 Å². The highest BCUT2D eigenvalue weighted by Gasteiger charge is 2.37. The van der Waals surface area contributed by atoms with Crippen molar-refractivity contribution in [2.75, 3.05) is 18.4 Å². The summed E-state index contributed by atoms with van der Waals surface area (Å²) in [5, 5.41) is 15.3. The fourth-order valence-corrected chi connectivity index (χ4v) is 10.2. The van der Waals surface area contributed by atoms with Gasteiger partial charge in [0, 0.05) is 23.2 Å². The van der Waals surface area contributed by atoms with Gasteiger partial charge < -0.3 is 21.4 Å². The van der Waals surface area contributed by atoms with Crippen LogP contribution in [0.4, 0.5) is 5.69 Å². The lowest BCUT2D eigenvalue weighted by molar-refractivity contribution is 0.0581. The normalized spacial score (nSPS) is 19.3. The van der Waals surface area contributed by atoms with Crippen LogP contribution >= 0.6 is 0 Å². The molecule has 1 aliphatic rings. The Kier molecular flexibility index (Phi) is 30.6. The van der Waals surface area contributed by atoms with Gasteiger partial charge in [-0.1, -0.05) is 199 Å². The van der Waals surface area contributed by atoms with Crippen LogP contribution in [-0.2, 0) is 0 Å². The number of aliphatic imine (C=N–C) groups is 1. The van der Waals surface area contributed by atoms with Crippen molar-refractivity contribution in [3.8, 4) is 0 Å². The van der Waals surface area contributed by atoms with Crippen LogP contribution in [0.25, 0.3) is 0 Å². The molecule has 2 rings (SSSR count). The molecule has 1 fully saturated rings. The van der Waals surface area contributed by atoms with Crippen LogP contribution in [0, 0.1) is 29.1 Å². The molecule has 0 heterocycles. The Labute approximate surface area is 380 Å². The van der Waals surface area contributed by atoms with Gasteiger partial charge in [-0.15, -0.1) is 5.10 Å². The zero-order chi connectivity index (χ0) is 44.4. The quantitative estimate of drug-likeness (QED) is 0.0178. The Morgan fingerprint density at radius 3 is 1.57 bits per heavy atom. The maximum atomic E-state index is 4.73. The van der Waals surface area contributed by atoms with Crippen LogP contribution in [-0.4, -0.2) is 37.5 Å². The molecule has 1 aromatic rings. The van der Waals surface area contributed by atoms with E-state index in [1.54, 1.807) is 0 Å². The van der Waals surface area contributed by atoms with Crippen molar-refractivity contribution in [1.82, 2.24) is 16.1 Å². The molecule has 0 aliphatic heterocycles. The van der Waals surface area contributed by atoms with Gasteiger partial charge >= 0.3 is 0 Å². The SMILES string of the molecule is C=NC(N/C(=N\NCCCCCCCCCC1CCC(CCCCCC)C(CCCCCC)C1CCCCCCCCCNC(C)(C)C)Nc1ccccc1)C(C)(C)C=CC. The van der Waals surface area contributed by atoms with Gasteiger partial charge in [0.05, 0.1) is 0 Å². The van der Waals surface area contributed by atoms with E-state index in [1.807, 2.05) is 25.1 Å². The number of hydrogen-bond acceptors (Lipinski definition) is 4. The summed E-state index contributed by atoms with van der Waals surface area (Å²) in [5.74, 6) is 4.63. The summed E-state index contributed by atoms with van der Waals surface area (Å²) in [5.41, 5.74) is 4.36. The second-order valence-electron chi connectivity index (χ2n) is 20.7. The van der Waals surface area contributed by atoms with E-state index in [0.29, 0.717) is 5.96 Å². The number of guanidine groups is 1. The molecule has 4 N–H and O–H groups in total. The van der Waals surface area contributed by atoms with Crippen molar-refractivity contribution >= 4 is 18.4 Å². The smallest absolute Gasteiger partial charge is 0.219 e. The van der Waals surface area contributed by atoms with Gasteiger partial charge in [-0.25, -0.2) is 0 Å². The Balaban J connectivity index is 1.83. The van der Waals surface area contributed by atoms with Gasteiger partial charge in [0.15, 0.2) is 0 Å². The lowest BCUT2D eigenvalue weighted by atomic mass is 9.61. The van der Waals surface area contributed by atoms with Crippen molar-refractivity contribution in [2.24, 2.45) is 39.2 Å². The topological polar surface area (TPSA) is 72.8 Å². The standard InChI is InChI=1S/C55H102N6/c1-10-13-15-28-36-47-42-43-48(51(50(47)40-32-16-14-11-2)41-33-24-20-18-21-25-34-45-57-54(4,5)6)37-29-23-19-17-22-26-35-46-58-61-53(59-49-38-30-27-31-39-49)60-52(56-9)55(7,8)44-12-3/h12,27,30-31,38-39,44,47-48,50-52,57-58H,9-11,13-26,28-29,32-37,40-43,45-46H2,1-8H3,(H2,59,60,61). The maximum absolute atomic E-state index is 4.73. The highest BCUT2D eigenvalue weighted by atomic mass is 15.4. The van der Waals surface area contributed by atoms with Crippen LogP contribution in [0.5, 0.6) is 0 Å². The number of allylic oxidation sites excluding steroid dienone is 1. The Morgan fingerprint density at radius 2 is 1.10 bits per heavy atom. The molecule has 0 amide bonds. The zero-order valence-corrected chi connectivity index (χ0v) is 41.7. The maximum Gasteiger partial charge on any atom is 0.219 e. The van der Waals surface area contributed by atoms with Crippen LogP contribution < -0.4 is 21.4 Å². The van der Waals surface area contributed by atoms with Crippen LogP contribution in [0.3, 0.4) is 0 Å². The first-order chi connectivity index (χ1) is 29.5. The van der Waals surface area contributed by atoms with Crippen LogP contribution in [0.15, 0.2) is 52.6 Å². The third kappa shape index (κ3) is 26.1. The van der Waals surface area contributed by atoms with Crippen molar-refractivity contribution in [2.45, 2.75) is 247 Å². The van der Waals surface area contributed by atoms with E-state index in [9.17, 15) is 0 Å². The highest BCUT2D eigenvalue weighted by molar-refractivity contribution is 5.93. The summed E-state index contributed by atoms with van der Waals surface area (Å²) in [7, 11) is 0. The molecule has 5 unspecified atom stereocenters. The minimum Gasteiger partial charge on any atom is -0.332 e. The third-order valence-corrected chi connectivity index (χ3v) is 13.7. The van der Waals surface area contributed by atoms with E-state index in [2.05, 4.69) is 106 Å². The minimum atomic E-state index is -0.213. The number of hydrogen-bond donors (Lipinski definition) is 4. The summed E-state index contributed by atoms with van der Waals surface area (Å²) in [6.07, 6.45) is 43.8.